The zero-order valence-corrected chi connectivity index (χ0v) is 34.7. The number of carboxylic acids is 1. The number of carboxylic acid groups (broad SMARTS) is 1. The Labute approximate surface area is 327 Å². The molecule has 0 bridgehead atoms. The van der Waals surface area contributed by atoms with Gasteiger partial charge in [0.05, 0.1) is 13.2 Å². The normalized spacial score (nSPS) is 14.1. The van der Waals surface area contributed by atoms with Gasteiger partial charge < -0.3 is 25.2 Å². The SMILES string of the molecule is CCCCC/C=C\C/C=C\C/C=C\CCCCC(=O)OC[C@H](COP(=O)(O)OC[C@H](N)C(=O)O)OC(=O)CCCCCCCCCCCCCCCCC. The Kier molecular flexibility index (Phi) is 36.0. The summed E-state index contributed by atoms with van der Waals surface area (Å²) in [7, 11) is -4.72. The van der Waals surface area contributed by atoms with Gasteiger partial charge in [0.15, 0.2) is 6.10 Å². The molecule has 0 saturated carbocycles. The lowest BCUT2D eigenvalue weighted by Crippen LogP contribution is -2.34. The molecular formula is C42H76NO10P. The summed E-state index contributed by atoms with van der Waals surface area (Å²) in [6, 6.07) is -1.52. The van der Waals surface area contributed by atoms with E-state index in [4.69, 9.17) is 24.8 Å². The number of phosphoric ester groups is 1. The summed E-state index contributed by atoms with van der Waals surface area (Å²) in [5, 5.41) is 8.88. The van der Waals surface area contributed by atoms with Gasteiger partial charge in [0.2, 0.25) is 0 Å². The minimum absolute atomic E-state index is 0.156. The molecule has 0 aromatic carbocycles. The van der Waals surface area contributed by atoms with Crippen LogP contribution in [-0.2, 0) is 37.5 Å². The first kappa shape index (κ1) is 51.7. The fourth-order valence-electron chi connectivity index (χ4n) is 5.54. The van der Waals surface area contributed by atoms with Crippen molar-refractivity contribution >= 4 is 25.7 Å². The number of ether oxygens (including phenoxy) is 2. The van der Waals surface area contributed by atoms with Gasteiger partial charge in [0.1, 0.15) is 12.6 Å². The fourth-order valence-corrected chi connectivity index (χ4v) is 6.32. The van der Waals surface area contributed by atoms with Crippen LogP contribution in [0.3, 0.4) is 0 Å². The summed E-state index contributed by atoms with van der Waals surface area (Å²) in [6.45, 7) is 2.73. The van der Waals surface area contributed by atoms with Crippen molar-refractivity contribution in [3.05, 3.63) is 36.5 Å². The Balaban J connectivity index is 4.44. The Morgan fingerprint density at radius 1 is 0.574 bits per heavy atom. The third-order valence-corrected chi connectivity index (χ3v) is 9.84. The van der Waals surface area contributed by atoms with E-state index in [1.807, 2.05) is 0 Å². The maximum Gasteiger partial charge on any atom is 0.472 e. The van der Waals surface area contributed by atoms with E-state index < -0.39 is 51.1 Å². The Morgan fingerprint density at radius 3 is 1.50 bits per heavy atom. The molecule has 0 aliphatic rings. The average Bonchev–Trinajstić information content (AvgIpc) is 3.14. The minimum Gasteiger partial charge on any atom is -0.480 e. The standard InChI is InChI=1S/C42H76NO10P/c1-3-5-7-9-11-13-15-17-19-21-23-25-27-29-31-33-40(44)50-35-38(36-51-54(48,49)52-37-39(43)42(46)47)53-41(45)34-32-30-28-26-24-22-20-18-16-14-12-10-8-6-4-2/h11,13,17,19,23,25,38-39H,3-10,12,14-16,18,20-22,24,26-37,43H2,1-2H3,(H,46,47)(H,48,49)/b13-11-,19-17-,25-23-/t38-,39+/m1/s1. The van der Waals surface area contributed by atoms with E-state index in [1.165, 1.54) is 89.9 Å². The van der Waals surface area contributed by atoms with Crippen molar-refractivity contribution in [3.8, 4) is 0 Å². The number of rotatable bonds is 39. The Morgan fingerprint density at radius 2 is 0.981 bits per heavy atom. The summed E-state index contributed by atoms with van der Waals surface area (Å²) < 4.78 is 32.6. The average molecular weight is 786 g/mol. The van der Waals surface area contributed by atoms with Gasteiger partial charge >= 0.3 is 25.7 Å². The van der Waals surface area contributed by atoms with E-state index >= 15 is 0 Å². The number of aliphatic carboxylic acids is 1. The predicted octanol–water partition coefficient (Wildman–Crippen LogP) is 10.8. The van der Waals surface area contributed by atoms with Crippen molar-refractivity contribution in [2.75, 3.05) is 19.8 Å². The highest BCUT2D eigenvalue weighted by Crippen LogP contribution is 2.43. The van der Waals surface area contributed by atoms with Crippen molar-refractivity contribution in [2.24, 2.45) is 5.73 Å². The highest BCUT2D eigenvalue weighted by Gasteiger charge is 2.28. The van der Waals surface area contributed by atoms with E-state index in [0.29, 0.717) is 12.8 Å². The molecule has 0 aliphatic carbocycles. The number of nitrogens with two attached hydrogens (primary N) is 1. The number of unbranched alkanes of at least 4 members (excludes halogenated alkanes) is 19. The molecule has 0 heterocycles. The number of hydrogen-bond acceptors (Lipinski definition) is 9. The Bertz CT molecular complexity index is 1060. The second kappa shape index (κ2) is 37.6. The largest absolute Gasteiger partial charge is 0.480 e. The first-order chi connectivity index (χ1) is 26.1. The van der Waals surface area contributed by atoms with Gasteiger partial charge in [0.25, 0.3) is 0 Å². The zero-order chi connectivity index (χ0) is 40.0. The van der Waals surface area contributed by atoms with Crippen LogP contribution in [0.5, 0.6) is 0 Å². The molecule has 0 rings (SSSR count). The molecule has 4 N–H and O–H groups in total. The van der Waals surface area contributed by atoms with Gasteiger partial charge in [-0.15, -0.1) is 0 Å². The summed E-state index contributed by atoms with van der Waals surface area (Å²) in [5.74, 6) is -2.42. The van der Waals surface area contributed by atoms with Crippen LogP contribution in [0.15, 0.2) is 36.5 Å². The van der Waals surface area contributed by atoms with Crippen LogP contribution >= 0.6 is 7.82 Å². The van der Waals surface area contributed by atoms with E-state index in [9.17, 15) is 23.8 Å². The molecule has 3 atom stereocenters. The van der Waals surface area contributed by atoms with E-state index in [2.05, 4.69) is 54.8 Å². The summed E-state index contributed by atoms with van der Waals surface area (Å²) >= 11 is 0. The number of allylic oxidation sites excluding steroid dienone is 6. The zero-order valence-electron chi connectivity index (χ0n) is 33.8. The molecule has 11 nitrogen and oxygen atoms in total. The molecule has 0 aromatic rings. The fraction of sp³-hybridized carbons (Fsp3) is 0.786. The summed E-state index contributed by atoms with van der Waals surface area (Å²) in [6.07, 6.45) is 39.2. The lowest BCUT2D eigenvalue weighted by Gasteiger charge is -2.20. The molecule has 0 saturated heterocycles. The molecule has 314 valence electrons. The van der Waals surface area contributed by atoms with Gasteiger partial charge in [-0.2, -0.15) is 0 Å². The first-order valence-electron chi connectivity index (χ1n) is 21.0. The van der Waals surface area contributed by atoms with Crippen molar-refractivity contribution in [2.45, 2.75) is 193 Å². The summed E-state index contributed by atoms with van der Waals surface area (Å²) in [5.41, 5.74) is 5.32. The van der Waals surface area contributed by atoms with Gasteiger partial charge in [-0.05, 0) is 51.4 Å². The van der Waals surface area contributed by atoms with Gasteiger partial charge in [0, 0.05) is 12.8 Å². The van der Waals surface area contributed by atoms with Crippen LogP contribution in [0, 0.1) is 0 Å². The van der Waals surface area contributed by atoms with Crippen LogP contribution in [0.2, 0.25) is 0 Å². The predicted molar refractivity (Wildman–Crippen MR) is 217 cm³/mol. The second-order valence-corrected chi connectivity index (χ2v) is 15.6. The maximum atomic E-state index is 12.6. The number of phosphoric acid groups is 1. The number of carbonyl (C=O) groups is 3. The number of carbonyl (C=O) groups excluding carboxylic acids is 2. The number of esters is 2. The number of hydrogen-bond donors (Lipinski definition) is 3. The van der Waals surface area contributed by atoms with Crippen LogP contribution in [0.1, 0.15) is 181 Å². The Hall–Kier alpha value is -2.30. The van der Waals surface area contributed by atoms with E-state index in [-0.39, 0.29) is 19.4 Å². The smallest absolute Gasteiger partial charge is 0.472 e. The molecule has 0 radical (unpaired) electrons. The van der Waals surface area contributed by atoms with Crippen molar-refractivity contribution in [1.29, 1.82) is 0 Å². The third kappa shape index (κ3) is 36.7. The lowest BCUT2D eigenvalue weighted by molar-refractivity contribution is -0.161. The first-order valence-corrected chi connectivity index (χ1v) is 22.5. The van der Waals surface area contributed by atoms with Gasteiger partial charge in [-0.25, -0.2) is 4.57 Å². The van der Waals surface area contributed by atoms with E-state index in [1.54, 1.807) is 0 Å². The molecule has 0 spiro atoms. The van der Waals surface area contributed by atoms with Crippen molar-refractivity contribution < 1.29 is 47.5 Å². The quantitative estimate of drug-likeness (QED) is 0.0234. The molecule has 0 aromatic heterocycles. The van der Waals surface area contributed by atoms with Crippen LogP contribution in [0.4, 0.5) is 0 Å². The summed E-state index contributed by atoms with van der Waals surface area (Å²) in [4.78, 5) is 45.9. The van der Waals surface area contributed by atoms with Crippen LogP contribution < -0.4 is 5.73 Å². The lowest BCUT2D eigenvalue weighted by atomic mass is 10.0. The molecule has 0 fully saturated rings. The minimum atomic E-state index is -4.72. The molecule has 0 aliphatic heterocycles. The monoisotopic (exact) mass is 786 g/mol. The van der Waals surface area contributed by atoms with Gasteiger partial charge in [-0.3, -0.25) is 23.4 Å². The third-order valence-electron chi connectivity index (χ3n) is 8.89. The molecule has 0 amide bonds. The highest BCUT2D eigenvalue weighted by atomic mass is 31.2. The van der Waals surface area contributed by atoms with Gasteiger partial charge in [-0.1, -0.05) is 153 Å². The molecule has 54 heavy (non-hydrogen) atoms. The highest BCUT2D eigenvalue weighted by molar-refractivity contribution is 7.47. The van der Waals surface area contributed by atoms with Crippen LogP contribution in [-0.4, -0.2) is 59.9 Å². The van der Waals surface area contributed by atoms with Crippen LogP contribution in [0.25, 0.3) is 0 Å². The maximum absolute atomic E-state index is 12.6. The van der Waals surface area contributed by atoms with Crippen molar-refractivity contribution in [3.63, 3.8) is 0 Å². The second-order valence-electron chi connectivity index (χ2n) is 14.1. The van der Waals surface area contributed by atoms with Crippen molar-refractivity contribution in [1.82, 2.24) is 0 Å². The van der Waals surface area contributed by atoms with E-state index in [0.717, 1.165) is 51.4 Å². The molecular weight excluding hydrogens is 709 g/mol. The molecule has 12 heteroatoms. The topological polar surface area (TPSA) is 172 Å². The molecule has 1 unspecified atom stereocenters.